The summed E-state index contributed by atoms with van der Waals surface area (Å²) in [4.78, 5) is 17.5. The van der Waals surface area contributed by atoms with E-state index < -0.39 is 0 Å². The van der Waals surface area contributed by atoms with E-state index in [0.29, 0.717) is 21.9 Å². The van der Waals surface area contributed by atoms with Crippen molar-refractivity contribution in [1.82, 2.24) is 20.5 Å². The van der Waals surface area contributed by atoms with Crippen LogP contribution < -0.4 is 5.32 Å². The maximum Gasteiger partial charge on any atom is 0.255 e. The second-order valence-corrected chi connectivity index (χ2v) is 6.24. The Labute approximate surface area is 142 Å². The van der Waals surface area contributed by atoms with Crippen LogP contribution in [0.2, 0.25) is 0 Å². The molecule has 7 heteroatoms. The monoisotopic (exact) mass is 342 g/mol. The van der Waals surface area contributed by atoms with Gasteiger partial charge in [-0.3, -0.25) is 15.0 Å². The number of amides is 1. The molecule has 0 aliphatic heterocycles. The quantitative estimate of drug-likeness (QED) is 0.632. The lowest BCUT2D eigenvalue weighted by atomic mass is 10.1. The number of thiophene rings is 1. The fourth-order valence-electron chi connectivity index (χ4n) is 1.99. The molecular formula is C16H14N4OS2. The largest absolute Gasteiger partial charge is 0.321 e. The molecule has 0 bridgehead atoms. The van der Waals surface area contributed by atoms with Crippen LogP contribution in [0.1, 0.15) is 26.6 Å². The van der Waals surface area contributed by atoms with Crippen molar-refractivity contribution in [2.24, 2.45) is 0 Å². The van der Waals surface area contributed by atoms with Crippen molar-refractivity contribution < 1.29 is 4.79 Å². The van der Waals surface area contributed by atoms with E-state index in [1.165, 1.54) is 11.3 Å². The molecule has 1 amide bonds. The molecule has 0 unspecified atom stereocenters. The third-order valence-electron chi connectivity index (χ3n) is 3.15. The second kappa shape index (κ2) is 6.72. The van der Waals surface area contributed by atoms with Gasteiger partial charge in [0.25, 0.3) is 5.91 Å². The molecule has 0 saturated heterocycles. The SMILES string of the molecule is Cc1ccc(C(=O)N/C(=C\c2nc(=S)[nH][nH]2)c2cccs2)cc1. The molecule has 0 radical (unpaired) electrons. The van der Waals surface area contributed by atoms with E-state index >= 15 is 0 Å². The Kier molecular flexibility index (Phi) is 4.50. The van der Waals surface area contributed by atoms with Crippen LogP contribution in [0.5, 0.6) is 0 Å². The van der Waals surface area contributed by atoms with Crippen LogP contribution >= 0.6 is 23.6 Å². The molecule has 3 aromatic rings. The number of benzene rings is 1. The highest BCUT2D eigenvalue weighted by molar-refractivity contribution is 7.71. The summed E-state index contributed by atoms with van der Waals surface area (Å²) in [5.74, 6) is 0.390. The normalized spacial score (nSPS) is 11.4. The number of carbonyl (C=O) groups is 1. The first kappa shape index (κ1) is 15.4. The number of rotatable bonds is 4. The van der Waals surface area contributed by atoms with Gasteiger partial charge in [0.1, 0.15) is 5.82 Å². The highest BCUT2D eigenvalue weighted by atomic mass is 32.1. The van der Waals surface area contributed by atoms with Gasteiger partial charge < -0.3 is 5.32 Å². The number of aryl methyl sites for hydroxylation is 1. The Morgan fingerprint density at radius 2 is 2.04 bits per heavy atom. The highest BCUT2D eigenvalue weighted by Crippen LogP contribution is 2.20. The number of carbonyl (C=O) groups excluding carboxylic acids is 1. The minimum atomic E-state index is -0.168. The molecule has 5 nitrogen and oxygen atoms in total. The minimum absolute atomic E-state index is 0.168. The first-order valence-electron chi connectivity index (χ1n) is 6.90. The van der Waals surface area contributed by atoms with E-state index in [2.05, 4.69) is 20.5 Å². The number of H-pyrrole nitrogens is 2. The van der Waals surface area contributed by atoms with Gasteiger partial charge in [-0.25, -0.2) is 4.98 Å². The van der Waals surface area contributed by atoms with Gasteiger partial charge in [-0.1, -0.05) is 23.8 Å². The molecule has 116 valence electrons. The van der Waals surface area contributed by atoms with E-state index in [1.54, 1.807) is 18.2 Å². The standard InChI is InChI=1S/C16H14N4OS2/c1-10-4-6-11(7-5-10)15(21)17-12(13-3-2-8-23-13)9-14-18-16(22)20-19-14/h2-9H,1H3,(H,17,21)(H2,18,19,20,22)/b12-9-. The smallest absolute Gasteiger partial charge is 0.255 e. The Hall–Kier alpha value is -2.51. The summed E-state index contributed by atoms with van der Waals surface area (Å²) in [6.45, 7) is 1.98. The van der Waals surface area contributed by atoms with Gasteiger partial charge in [-0.2, -0.15) is 0 Å². The molecule has 0 atom stereocenters. The number of hydrogen-bond acceptors (Lipinski definition) is 4. The van der Waals surface area contributed by atoms with E-state index in [0.717, 1.165) is 10.4 Å². The summed E-state index contributed by atoms with van der Waals surface area (Å²) in [7, 11) is 0. The highest BCUT2D eigenvalue weighted by Gasteiger charge is 2.11. The van der Waals surface area contributed by atoms with Gasteiger partial charge in [0.2, 0.25) is 4.77 Å². The lowest BCUT2D eigenvalue weighted by molar-refractivity contribution is 0.0974. The molecule has 23 heavy (non-hydrogen) atoms. The van der Waals surface area contributed by atoms with E-state index in [9.17, 15) is 4.79 Å². The zero-order valence-electron chi connectivity index (χ0n) is 12.3. The summed E-state index contributed by atoms with van der Waals surface area (Å²) in [5, 5.41) is 10.5. The molecule has 1 aromatic carbocycles. The van der Waals surface area contributed by atoms with Crippen molar-refractivity contribution in [3.05, 3.63) is 68.4 Å². The Bertz CT molecular complexity index is 889. The van der Waals surface area contributed by atoms with Gasteiger partial charge in [0, 0.05) is 11.6 Å². The lowest BCUT2D eigenvalue weighted by Crippen LogP contribution is -2.21. The van der Waals surface area contributed by atoms with Crippen molar-refractivity contribution in [2.75, 3.05) is 0 Å². The number of aromatic amines is 2. The van der Waals surface area contributed by atoms with Crippen LogP contribution in [-0.2, 0) is 0 Å². The predicted octanol–water partition coefficient (Wildman–Crippen LogP) is 3.77. The molecule has 0 saturated carbocycles. The number of aromatic nitrogens is 3. The van der Waals surface area contributed by atoms with Crippen LogP contribution in [0.25, 0.3) is 11.8 Å². The average molecular weight is 342 g/mol. The third-order valence-corrected chi connectivity index (χ3v) is 4.25. The Balaban J connectivity index is 1.90. The predicted molar refractivity (Wildman–Crippen MR) is 94.6 cm³/mol. The van der Waals surface area contributed by atoms with Crippen molar-refractivity contribution in [3.8, 4) is 0 Å². The first-order chi connectivity index (χ1) is 11.1. The lowest BCUT2D eigenvalue weighted by Gasteiger charge is -2.08. The van der Waals surface area contributed by atoms with Crippen molar-refractivity contribution in [1.29, 1.82) is 0 Å². The zero-order valence-corrected chi connectivity index (χ0v) is 13.9. The maximum absolute atomic E-state index is 12.5. The topological polar surface area (TPSA) is 73.6 Å². The molecule has 2 heterocycles. The van der Waals surface area contributed by atoms with Gasteiger partial charge >= 0.3 is 0 Å². The van der Waals surface area contributed by atoms with E-state index in [-0.39, 0.29) is 5.91 Å². The van der Waals surface area contributed by atoms with Gasteiger partial charge in [-0.15, -0.1) is 11.3 Å². The summed E-state index contributed by atoms with van der Waals surface area (Å²) in [6, 6.07) is 11.3. The first-order valence-corrected chi connectivity index (χ1v) is 8.19. The molecule has 3 rings (SSSR count). The number of hydrogen-bond donors (Lipinski definition) is 3. The third kappa shape index (κ3) is 3.82. The van der Waals surface area contributed by atoms with E-state index in [1.807, 2.05) is 36.6 Å². The van der Waals surface area contributed by atoms with Crippen LogP contribution in [0, 0.1) is 11.7 Å². The van der Waals surface area contributed by atoms with Crippen LogP contribution in [0.4, 0.5) is 0 Å². The Morgan fingerprint density at radius 3 is 2.65 bits per heavy atom. The number of nitrogens with one attached hydrogen (secondary N) is 3. The average Bonchev–Trinajstić information content (AvgIpc) is 3.19. The van der Waals surface area contributed by atoms with Gasteiger partial charge in [0.05, 0.1) is 10.6 Å². The molecule has 3 N–H and O–H groups in total. The summed E-state index contributed by atoms with van der Waals surface area (Å²) in [5.41, 5.74) is 2.39. The Morgan fingerprint density at radius 1 is 1.26 bits per heavy atom. The fourth-order valence-corrected chi connectivity index (χ4v) is 2.84. The van der Waals surface area contributed by atoms with Crippen molar-refractivity contribution in [3.63, 3.8) is 0 Å². The summed E-state index contributed by atoms with van der Waals surface area (Å²) < 4.78 is 0.367. The molecule has 0 fully saturated rings. The fraction of sp³-hybridized carbons (Fsp3) is 0.0625. The molecule has 0 aliphatic carbocycles. The van der Waals surface area contributed by atoms with Crippen molar-refractivity contribution in [2.45, 2.75) is 6.92 Å². The number of nitrogens with zero attached hydrogens (tertiary/aromatic N) is 1. The molecular weight excluding hydrogens is 328 g/mol. The summed E-state index contributed by atoms with van der Waals surface area (Å²) >= 11 is 6.49. The van der Waals surface area contributed by atoms with Gasteiger partial charge in [-0.05, 0) is 42.7 Å². The zero-order chi connectivity index (χ0) is 16.2. The minimum Gasteiger partial charge on any atom is -0.321 e. The maximum atomic E-state index is 12.5. The second-order valence-electron chi connectivity index (χ2n) is 4.91. The molecule has 0 spiro atoms. The molecule has 0 aliphatic rings. The van der Waals surface area contributed by atoms with Crippen LogP contribution in [-0.4, -0.2) is 21.1 Å². The van der Waals surface area contributed by atoms with Crippen molar-refractivity contribution >= 4 is 41.2 Å². The summed E-state index contributed by atoms with van der Waals surface area (Å²) in [6.07, 6.45) is 1.75. The molecule has 2 aromatic heterocycles. The van der Waals surface area contributed by atoms with Crippen LogP contribution in [0.15, 0.2) is 41.8 Å². The van der Waals surface area contributed by atoms with E-state index in [4.69, 9.17) is 12.2 Å². The van der Waals surface area contributed by atoms with Gasteiger partial charge in [0.15, 0.2) is 0 Å². The van der Waals surface area contributed by atoms with Crippen LogP contribution in [0.3, 0.4) is 0 Å².